The molecule has 1 aromatic heterocycles. The van der Waals surface area contributed by atoms with Crippen molar-refractivity contribution < 1.29 is 14.8 Å². The molecule has 0 aliphatic heterocycles. The van der Waals surface area contributed by atoms with Crippen LogP contribution in [0.15, 0.2) is 12.4 Å². The number of hydrogen-bond donors (Lipinski definition) is 2. The minimum absolute atomic E-state index is 0.0375. The van der Waals surface area contributed by atoms with Gasteiger partial charge in [0.2, 0.25) is 5.95 Å². The van der Waals surface area contributed by atoms with Crippen molar-refractivity contribution in [3.05, 3.63) is 22.5 Å². The van der Waals surface area contributed by atoms with E-state index in [1.807, 2.05) is 0 Å². The Morgan fingerprint density at radius 3 is 2.53 bits per heavy atom. The van der Waals surface area contributed by atoms with Crippen LogP contribution in [0.3, 0.4) is 0 Å². The average Bonchev–Trinajstić information content (AvgIpc) is 2.18. The lowest BCUT2D eigenvalue weighted by Gasteiger charge is -2.07. The highest BCUT2D eigenvalue weighted by atomic mass is 16.6. The van der Waals surface area contributed by atoms with E-state index in [4.69, 9.17) is 5.11 Å². The zero-order valence-electron chi connectivity index (χ0n) is 7.75. The van der Waals surface area contributed by atoms with E-state index in [9.17, 15) is 14.9 Å². The van der Waals surface area contributed by atoms with Crippen LogP contribution in [0.25, 0.3) is 0 Å². The molecule has 0 aliphatic rings. The number of aromatic nitrogens is 2. The van der Waals surface area contributed by atoms with E-state index in [0.717, 1.165) is 12.4 Å². The third-order valence-electron chi connectivity index (χ3n) is 1.57. The summed E-state index contributed by atoms with van der Waals surface area (Å²) in [5, 5.41) is 21.3. The largest absolute Gasteiger partial charge is 0.480 e. The van der Waals surface area contributed by atoms with Crippen molar-refractivity contribution in [1.29, 1.82) is 0 Å². The molecule has 1 aromatic rings. The van der Waals surface area contributed by atoms with Crippen LogP contribution >= 0.6 is 0 Å². The summed E-state index contributed by atoms with van der Waals surface area (Å²) in [6.45, 7) is 1.41. The van der Waals surface area contributed by atoms with E-state index in [0.29, 0.717) is 0 Å². The van der Waals surface area contributed by atoms with Gasteiger partial charge in [-0.15, -0.1) is 0 Å². The van der Waals surface area contributed by atoms with Crippen molar-refractivity contribution in [2.24, 2.45) is 0 Å². The van der Waals surface area contributed by atoms with Gasteiger partial charge in [-0.1, -0.05) is 0 Å². The molecule has 2 N–H and O–H groups in total. The summed E-state index contributed by atoms with van der Waals surface area (Å²) < 4.78 is 0. The number of anilines is 1. The molecule has 8 heteroatoms. The lowest BCUT2D eigenvalue weighted by atomic mass is 10.3. The number of aliphatic carboxylic acids is 1. The molecule has 0 saturated carbocycles. The van der Waals surface area contributed by atoms with Crippen molar-refractivity contribution in [3.63, 3.8) is 0 Å². The molecule has 1 unspecified atom stereocenters. The molecule has 0 aromatic carbocycles. The zero-order chi connectivity index (χ0) is 11.4. The molecule has 0 radical (unpaired) electrons. The Morgan fingerprint density at radius 2 is 2.13 bits per heavy atom. The SMILES string of the molecule is CC(Nc1ncc([N+](=O)[O-])cn1)C(=O)O. The van der Waals surface area contributed by atoms with Crippen LogP contribution in [0.5, 0.6) is 0 Å². The molecular weight excluding hydrogens is 204 g/mol. The van der Waals surface area contributed by atoms with Crippen LogP contribution < -0.4 is 5.32 Å². The molecule has 0 aliphatic carbocycles. The Bertz CT molecular complexity index is 377. The van der Waals surface area contributed by atoms with Crippen LogP contribution in [0.2, 0.25) is 0 Å². The van der Waals surface area contributed by atoms with E-state index < -0.39 is 16.9 Å². The Morgan fingerprint density at radius 1 is 1.60 bits per heavy atom. The van der Waals surface area contributed by atoms with Gasteiger partial charge in [0, 0.05) is 0 Å². The van der Waals surface area contributed by atoms with E-state index in [1.165, 1.54) is 6.92 Å². The quantitative estimate of drug-likeness (QED) is 0.543. The predicted octanol–water partition coefficient (Wildman–Crippen LogP) is 0.270. The summed E-state index contributed by atoms with van der Waals surface area (Å²) in [5.74, 6) is -1.02. The number of carboxylic acid groups (broad SMARTS) is 1. The highest BCUT2D eigenvalue weighted by molar-refractivity contribution is 5.75. The second-order valence-corrected chi connectivity index (χ2v) is 2.73. The summed E-state index contributed by atoms with van der Waals surface area (Å²) in [6.07, 6.45) is 2.01. The van der Waals surface area contributed by atoms with Crippen LogP contribution in [0.1, 0.15) is 6.92 Å². The maximum Gasteiger partial charge on any atom is 0.325 e. The Hall–Kier alpha value is -2.25. The highest BCUT2D eigenvalue weighted by Gasteiger charge is 2.12. The van der Waals surface area contributed by atoms with Crippen LogP contribution in [0.4, 0.5) is 11.6 Å². The first kappa shape index (κ1) is 10.8. The van der Waals surface area contributed by atoms with Gasteiger partial charge in [-0.25, -0.2) is 9.97 Å². The van der Waals surface area contributed by atoms with Crippen molar-refractivity contribution in [3.8, 4) is 0 Å². The fraction of sp³-hybridized carbons (Fsp3) is 0.286. The Balaban J connectivity index is 2.72. The van der Waals surface area contributed by atoms with Crippen molar-refractivity contribution in [2.75, 3.05) is 5.32 Å². The molecule has 80 valence electrons. The highest BCUT2D eigenvalue weighted by Crippen LogP contribution is 2.08. The van der Waals surface area contributed by atoms with Crippen LogP contribution in [-0.2, 0) is 4.79 Å². The van der Waals surface area contributed by atoms with Crippen LogP contribution in [-0.4, -0.2) is 32.0 Å². The molecule has 0 saturated heterocycles. The fourth-order valence-corrected chi connectivity index (χ4v) is 0.745. The first-order chi connectivity index (χ1) is 7.00. The molecule has 8 nitrogen and oxygen atoms in total. The average molecular weight is 212 g/mol. The third kappa shape index (κ3) is 2.86. The third-order valence-corrected chi connectivity index (χ3v) is 1.57. The predicted molar refractivity (Wildman–Crippen MR) is 49.4 cm³/mol. The van der Waals surface area contributed by atoms with E-state index in [1.54, 1.807) is 0 Å². The van der Waals surface area contributed by atoms with E-state index in [-0.39, 0.29) is 11.6 Å². The summed E-state index contributed by atoms with van der Waals surface area (Å²) in [5.41, 5.74) is -0.247. The molecule has 0 bridgehead atoms. The standard InChI is InChI=1S/C7H8N4O4/c1-4(6(12)13)10-7-8-2-5(3-9-7)11(14)15/h2-4H,1H3,(H,12,13)(H,8,9,10). The van der Waals surface area contributed by atoms with Gasteiger partial charge in [0.15, 0.2) is 0 Å². The summed E-state index contributed by atoms with van der Waals surface area (Å²) >= 11 is 0. The zero-order valence-corrected chi connectivity index (χ0v) is 7.75. The smallest absolute Gasteiger partial charge is 0.325 e. The van der Waals surface area contributed by atoms with Crippen molar-refractivity contribution >= 4 is 17.6 Å². The molecule has 0 spiro atoms. The van der Waals surface area contributed by atoms with Crippen molar-refractivity contribution in [1.82, 2.24) is 9.97 Å². The van der Waals surface area contributed by atoms with Gasteiger partial charge in [-0.05, 0) is 6.92 Å². The lowest BCUT2D eigenvalue weighted by Crippen LogP contribution is -2.26. The molecule has 1 heterocycles. The second-order valence-electron chi connectivity index (χ2n) is 2.73. The van der Waals surface area contributed by atoms with Gasteiger partial charge in [0.05, 0.1) is 4.92 Å². The van der Waals surface area contributed by atoms with Gasteiger partial charge in [-0.3, -0.25) is 14.9 Å². The van der Waals surface area contributed by atoms with Gasteiger partial charge < -0.3 is 10.4 Å². The lowest BCUT2D eigenvalue weighted by molar-refractivity contribution is -0.385. The van der Waals surface area contributed by atoms with Gasteiger partial charge >= 0.3 is 11.7 Å². The Kier molecular flexibility index (Phi) is 3.11. The fourth-order valence-electron chi connectivity index (χ4n) is 0.745. The normalized spacial score (nSPS) is 11.8. The van der Waals surface area contributed by atoms with Crippen LogP contribution in [0, 0.1) is 10.1 Å². The number of hydrogen-bond acceptors (Lipinski definition) is 6. The second kappa shape index (κ2) is 4.31. The van der Waals surface area contributed by atoms with E-state index >= 15 is 0 Å². The first-order valence-electron chi connectivity index (χ1n) is 3.96. The van der Waals surface area contributed by atoms with E-state index in [2.05, 4.69) is 15.3 Å². The number of carbonyl (C=O) groups is 1. The molecule has 1 rings (SSSR count). The number of nitro groups is 1. The van der Waals surface area contributed by atoms with Gasteiger partial charge in [0.25, 0.3) is 0 Å². The number of rotatable bonds is 4. The minimum atomic E-state index is -1.06. The number of nitrogens with zero attached hydrogens (tertiary/aromatic N) is 3. The molecule has 0 fully saturated rings. The maximum absolute atomic E-state index is 10.5. The topological polar surface area (TPSA) is 118 Å². The first-order valence-corrected chi connectivity index (χ1v) is 3.96. The maximum atomic E-state index is 10.5. The van der Waals surface area contributed by atoms with Crippen molar-refractivity contribution in [2.45, 2.75) is 13.0 Å². The summed E-state index contributed by atoms with van der Waals surface area (Å²) in [7, 11) is 0. The number of nitrogens with one attached hydrogen (secondary N) is 1. The van der Waals surface area contributed by atoms with Gasteiger partial charge in [-0.2, -0.15) is 0 Å². The molecular formula is C7H8N4O4. The Labute approximate surface area is 84.1 Å². The molecule has 1 atom stereocenters. The minimum Gasteiger partial charge on any atom is -0.480 e. The monoisotopic (exact) mass is 212 g/mol. The molecule has 15 heavy (non-hydrogen) atoms. The summed E-state index contributed by atoms with van der Waals surface area (Å²) in [4.78, 5) is 27.3. The number of carboxylic acids is 1. The summed E-state index contributed by atoms with van der Waals surface area (Å²) in [6, 6.07) is -0.855. The van der Waals surface area contributed by atoms with Gasteiger partial charge in [0.1, 0.15) is 18.4 Å². The molecule has 0 amide bonds.